The normalized spacial score (nSPS) is 21.8. The highest BCUT2D eigenvalue weighted by Crippen LogP contribution is 2.49. The summed E-state index contributed by atoms with van der Waals surface area (Å²) in [5.74, 6) is -0.211. The minimum Gasteiger partial charge on any atom is -0.351 e. The summed E-state index contributed by atoms with van der Waals surface area (Å²) >= 11 is 0. The van der Waals surface area contributed by atoms with E-state index in [1.54, 1.807) is 12.1 Å². The molecule has 2 aliphatic rings. The summed E-state index contributed by atoms with van der Waals surface area (Å²) < 4.78 is 2.08. The van der Waals surface area contributed by atoms with Crippen LogP contribution in [0.25, 0.3) is 10.9 Å². The van der Waals surface area contributed by atoms with Crippen molar-refractivity contribution in [1.29, 1.82) is 0 Å². The monoisotopic (exact) mass is 344 g/mol. The van der Waals surface area contributed by atoms with E-state index in [4.69, 9.17) is 0 Å². The van der Waals surface area contributed by atoms with Crippen LogP contribution in [0.1, 0.15) is 38.6 Å². The Kier molecular flexibility index (Phi) is 3.07. The number of fused-ring (bicyclic) bond motifs is 2. The van der Waals surface area contributed by atoms with Gasteiger partial charge in [-0.2, -0.15) is 0 Å². The minimum absolute atomic E-state index is 0.0451. The van der Waals surface area contributed by atoms with Crippen LogP contribution in [0.2, 0.25) is 0 Å². The molecule has 130 valence electrons. The van der Waals surface area contributed by atoms with Crippen LogP contribution in [0.4, 0.5) is 0 Å². The highest BCUT2D eigenvalue weighted by Gasteiger charge is 2.62. The number of Topliss-reactive ketones (excluding diaryl/α,β-unsaturated/α-hetero) is 2. The van der Waals surface area contributed by atoms with Crippen LogP contribution in [-0.2, 0) is 7.05 Å². The van der Waals surface area contributed by atoms with Gasteiger partial charge in [-0.15, -0.1) is 0 Å². The predicted molar refractivity (Wildman–Crippen MR) is 101 cm³/mol. The van der Waals surface area contributed by atoms with Crippen molar-refractivity contribution in [3.05, 3.63) is 71.4 Å². The third-order valence-electron chi connectivity index (χ3n) is 6.28. The highest BCUT2D eigenvalue weighted by molar-refractivity contribution is 6.33. The molecule has 3 aromatic rings. The molecule has 1 saturated heterocycles. The zero-order valence-corrected chi connectivity index (χ0v) is 14.9. The molecular formula is C22H20N2O2. The average Bonchev–Trinajstić information content (AvgIpc) is 3.27. The Bertz CT molecular complexity index is 1040. The number of nitrogens with zero attached hydrogens (tertiary/aromatic N) is 2. The van der Waals surface area contributed by atoms with Crippen molar-refractivity contribution in [1.82, 2.24) is 9.47 Å². The van der Waals surface area contributed by atoms with Crippen LogP contribution in [0.15, 0.2) is 54.7 Å². The molecule has 1 aromatic heterocycles. The summed E-state index contributed by atoms with van der Waals surface area (Å²) in [4.78, 5) is 28.8. The van der Waals surface area contributed by atoms with Crippen LogP contribution in [0.5, 0.6) is 0 Å². The lowest BCUT2D eigenvalue weighted by Gasteiger charge is -2.34. The molecule has 0 N–H and O–H groups in total. The summed E-state index contributed by atoms with van der Waals surface area (Å²) in [5.41, 5.74) is 2.27. The van der Waals surface area contributed by atoms with E-state index in [2.05, 4.69) is 28.8 Å². The quantitative estimate of drug-likeness (QED) is 0.635. The van der Waals surface area contributed by atoms with Gasteiger partial charge < -0.3 is 4.57 Å². The highest BCUT2D eigenvalue weighted by atomic mass is 16.2. The van der Waals surface area contributed by atoms with Crippen molar-refractivity contribution in [3.8, 4) is 0 Å². The van der Waals surface area contributed by atoms with E-state index in [1.807, 2.05) is 37.3 Å². The van der Waals surface area contributed by atoms with E-state index in [0.717, 1.165) is 29.4 Å². The van der Waals surface area contributed by atoms with E-state index in [0.29, 0.717) is 11.1 Å². The molecule has 1 spiro atoms. The zero-order chi connectivity index (χ0) is 18.1. The van der Waals surface area contributed by atoms with Crippen LogP contribution in [0, 0.1) is 0 Å². The van der Waals surface area contributed by atoms with Crippen LogP contribution >= 0.6 is 0 Å². The smallest absolute Gasteiger partial charge is 0.192 e. The maximum atomic E-state index is 13.4. The van der Waals surface area contributed by atoms with E-state index in [9.17, 15) is 9.59 Å². The largest absolute Gasteiger partial charge is 0.351 e. The van der Waals surface area contributed by atoms with Crippen molar-refractivity contribution >= 4 is 22.5 Å². The Morgan fingerprint density at radius 3 is 2.35 bits per heavy atom. The fraction of sp³-hybridized carbons (Fsp3) is 0.273. The molecule has 1 aliphatic heterocycles. The summed E-state index contributed by atoms with van der Waals surface area (Å²) in [5, 5.41) is 1.14. The Hall–Kier alpha value is -2.72. The van der Waals surface area contributed by atoms with E-state index >= 15 is 0 Å². The first-order chi connectivity index (χ1) is 12.5. The molecule has 5 rings (SSSR count). The van der Waals surface area contributed by atoms with Crippen molar-refractivity contribution in [2.75, 3.05) is 13.6 Å². The number of aryl methyl sites for hydroxylation is 1. The van der Waals surface area contributed by atoms with Gasteiger partial charge in [0.15, 0.2) is 17.1 Å². The first kappa shape index (κ1) is 15.5. The van der Waals surface area contributed by atoms with Gasteiger partial charge in [-0.05, 0) is 49.2 Å². The van der Waals surface area contributed by atoms with Gasteiger partial charge in [-0.25, -0.2) is 0 Å². The lowest BCUT2D eigenvalue weighted by Crippen LogP contribution is -2.54. The molecule has 26 heavy (non-hydrogen) atoms. The molecule has 1 aliphatic carbocycles. The standard InChI is InChI=1S/C22H20N2O2/c1-23-11-9-15-13-14(7-8-19(15)23)18-10-12-24(2)22(18)20(25)16-5-3-4-6-17(16)21(22)26/h3-9,11,13,18H,10,12H2,1-2H3. The molecule has 4 heteroatoms. The number of carbonyl (C=O) groups excluding carboxylic acids is 2. The van der Waals surface area contributed by atoms with Gasteiger partial charge in [0.2, 0.25) is 0 Å². The SMILES string of the molecule is CN1CCC(c2ccc3c(ccn3C)c2)C12C(=O)c1ccccc1C2=O. The lowest BCUT2D eigenvalue weighted by atomic mass is 9.76. The first-order valence-electron chi connectivity index (χ1n) is 9.00. The van der Waals surface area contributed by atoms with Crippen LogP contribution < -0.4 is 0 Å². The van der Waals surface area contributed by atoms with E-state index in [1.165, 1.54) is 0 Å². The molecule has 1 atom stereocenters. The number of rotatable bonds is 1. The van der Waals surface area contributed by atoms with Gasteiger partial charge in [0.25, 0.3) is 0 Å². The van der Waals surface area contributed by atoms with Crippen molar-refractivity contribution in [2.24, 2.45) is 7.05 Å². The van der Waals surface area contributed by atoms with Gasteiger partial charge in [0.05, 0.1) is 0 Å². The second kappa shape index (κ2) is 5.15. The maximum absolute atomic E-state index is 13.4. The first-order valence-corrected chi connectivity index (χ1v) is 9.00. The number of aromatic nitrogens is 1. The summed E-state index contributed by atoms with van der Waals surface area (Å²) in [6, 6.07) is 15.6. The molecule has 2 heterocycles. The van der Waals surface area contributed by atoms with Gasteiger partial charge in [-0.3, -0.25) is 14.5 Å². The van der Waals surface area contributed by atoms with Crippen LogP contribution in [0.3, 0.4) is 0 Å². The van der Waals surface area contributed by atoms with Crippen molar-refractivity contribution < 1.29 is 9.59 Å². The number of benzene rings is 2. The molecule has 1 fully saturated rings. The van der Waals surface area contributed by atoms with Crippen LogP contribution in [-0.4, -0.2) is 40.2 Å². The Labute approximate surface area is 152 Å². The second-order valence-corrected chi connectivity index (χ2v) is 7.48. The number of hydrogen-bond donors (Lipinski definition) is 0. The fourth-order valence-electron chi connectivity index (χ4n) is 4.95. The summed E-state index contributed by atoms with van der Waals surface area (Å²) in [7, 11) is 3.93. The number of likely N-dealkylation sites (N-methyl/N-ethyl adjacent to an activating group) is 1. The average molecular weight is 344 g/mol. The Balaban J connectivity index is 1.70. The molecule has 0 radical (unpaired) electrons. The van der Waals surface area contributed by atoms with Gasteiger partial charge >= 0.3 is 0 Å². The number of likely N-dealkylation sites (tertiary alicyclic amines) is 1. The second-order valence-electron chi connectivity index (χ2n) is 7.48. The third-order valence-corrected chi connectivity index (χ3v) is 6.28. The number of hydrogen-bond acceptors (Lipinski definition) is 3. The lowest BCUT2D eigenvalue weighted by molar-refractivity contribution is 0.0609. The molecule has 0 bridgehead atoms. The maximum Gasteiger partial charge on any atom is 0.192 e. The minimum atomic E-state index is -1.09. The Morgan fingerprint density at radius 1 is 0.962 bits per heavy atom. The molecule has 0 amide bonds. The predicted octanol–water partition coefficient (Wildman–Crippen LogP) is 3.42. The van der Waals surface area contributed by atoms with E-state index < -0.39 is 5.54 Å². The topological polar surface area (TPSA) is 42.3 Å². The molecule has 0 saturated carbocycles. The van der Waals surface area contributed by atoms with Gasteiger partial charge in [0.1, 0.15) is 0 Å². The zero-order valence-electron chi connectivity index (χ0n) is 14.9. The third kappa shape index (κ3) is 1.72. The molecule has 1 unspecified atom stereocenters. The summed E-state index contributed by atoms with van der Waals surface area (Å²) in [6.45, 7) is 0.739. The molecular weight excluding hydrogens is 324 g/mol. The summed E-state index contributed by atoms with van der Waals surface area (Å²) in [6.07, 6.45) is 2.84. The molecule has 4 nitrogen and oxygen atoms in total. The van der Waals surface area contributed by atoms with Gasteiger partial charge in [0, 0.05) is 35.8 Å². The number of ketones is 2. The van der Waals surface area contributed by atoms with Crippen molar-refractivity contribution in [3.63, 3.8) is 0 Å². The van der Waals surface area contributed by atoms with Gasteiger partial charge in [-0.1, -0.05) is 30.3 Å². The van der Waals surface area contributed by atoms with E-state index in [-0.39, 0.29) is 17.5 Å². The number of carbonyl (C=O) groups is 2. The molecule has 2 aromatic carbocycles. The van der Waals surface area contributed by atoms with Crippen molar-refractivity contribution in [2.45, 2.75) is 17.9 Å². The fourth-order valence-corrected chi connectivity index (χ4v) is 4.95. The Morgan fingerprint density at radius 2 is 1.65 bits per heavy atom.